The number of rotatable bonds is 4. The quantitative estimate of drug-likeness (QED) is 0.786. The molecule has 0 aliphatic carbocycles. The van der Waals surface area contributed by atoms with Gasteiger partial charge in [0, 0.05) is 18.5 Å². The summed E-state index contributed by atoms with van der Waals surface area (Å²) in [6.45, 7) is 2.22. The van der Waals surface area contributed by atoms with Gasteiger partial charge in [0.05, 0.1) is 17.5 Å². The fourth-order valence-corrected chi connectivity index (χ4v) is 3.05. The van der Waals surface area contributed by atoms with E-state index in [0.717, 1.165) is 37.7 Å². The predicted molar refractivity (Wildman–Crippen MR) is 87.4 cm³/mol. The van der Waals surface area contributed by atoms with E-state index in [4.69, 9.17) is 4.74 Å². The van der Waals surface area contributed by atoms with E-state index in [0.29, 0.717) is 23.4 Å². The first-order valence-electron chi connectivity index (χ1n) is 8.09. The van der Waals surface area contributed by atoms with Gasteiger partial charge in [-0.05, 0) is 43.3 Å². The van der Waals surface area contributed by atoms with E-state index in [2.05, 4.69) is 10.4 Å². The van der Waals surface area contributed by atoms with Crippen LogP contribution in [0.15, 0.2) is 36.4 Å². The molecule has 4 nitrogen and oxygen atoms in total. The van der Waals surface area contributed by atoms with Crippen molar-refractivity contribution in [1.29, 1.82) is 0 Å². The Bertz CT molecular complexity index is 919. The number of halogens is 3. The molecule has 0 radical (unpaired) electrons. The lowest BCUT2D eigenvalue weighted by Crippen LogP contribution is -2.15. The zero-order valence-electron chi connectivity index (χ0n) is 13.3. The monoisotopic (exact) mass is 347 g/mol. The molecule has 1 atom stereocenters. The highest BCUT2D eigenvalue weighted by Gasteiger charge is 2.20. The number of nitrogens with one attached hydrogen (secondary N) is 1. The van der Waals surface area contributed by atoms with E-state index in [1.807, 2.05) is 0 Å². The van der Waals surface area contributed by atoms with Crippen LogP contribution in [0, 0.1) is 23.4 Å². The summed E-state index contributed by atoms with van der Waals surface area (Å²) in [4.78, 5) is 0. The van der Waals surface area contributed by atoms with E-state index in [-0.39, 0.29) is 11.6 Å². The molecule has 2 heterocycles. The van der Waals surface area contributed by atoms with Crippen molar-refractivity contribution in [3.63, 3.8) is 0 Å². The van der Waals surface area contributed by atoms with Gasteiger partial charge in [-0.1, -0.05) is 0 Å². The molecule has 1 saturated heterocycles. The van der Waals surface area contributed by atoms with Crippen LogP contribution in [0.3, 0.4) is 0 Å². The summed E-state index contributed by atoms with van der Waals surface area (Å²) in [5.74, 6) is -1.09. The lowest BCUT2D eigenvalue weighted by atomic mass is 10.1. The van der Waals surface area contributed by atoms with E-state index < -0.39 is 17.5 Å². The fourth-order valence-electron chi connectivity index (χ4n) is 3.05. The third-order valence-corrected chi connectivity index (χ3v) is 4.36. The summed E-state index contributed by atoms with van der Waals surface area (Å²) in [7, 11) is 0. The Balaban J connectivity index is 1.77. The minimum absolute atomic E-state index is 0.0472. The maximum absolute atomic E-state index is 14.2. The largest absolute Gasteiger partial charge is 0.476 e. The van der Waals surface area contributed by atoms with Gasteiger partial charge in [0.1, 0.15) is 23.1 Å². The first kappa shape index (κ1) is 16.0. The Morgan fingerprint density at radius 2 is 1.92 bits per heavy atom. The van der Waals surface area contributed by atoms with Crippen LogP contribution in [0.25, 0.3) is 16.6 Å². The second-order valence-electron chi connectivity index (χ2n) is 6.14. The molecule has 1 aromatic heterocycles. The average molecular weight is 347 g/mol. The zero-order valence-corrected chi connectivity index (χ0v) is 13.3. The topological polar surface area (TPSA) is 39.1 Å². The van der Waals surface area contributed by atoms with E-state index in [1.165, 1.54) is 22.9 Å². The highest BCUT2D eigenvalue weighted by Crippen LogP contribution is 2.30. The highest BCUT2D eigenvalue weighted by molar-refractivity contribution is 5.86. The molecular formula is C18H16F3N3O. The first-order valence-corrected chi connectivity index (χ1v) is 8.09. The molecule has 2 aromatic carbocycles. The molecule has 4 rings (SSSR count). The summed E-state index contributed by atoms with van der Waals surface area (Å²) in [6, 6.07) is 7.14. The second kappa shape index (κ2) is 6.40. The number of aromatic nitrogens is 2. The Morgan fingerprint density at radius 3 is 2.72 bits per heavy atom. The highest BCUT2D eigenvalue weighted by atomic mass is 19.1. The van der Waals surface area contributed by atoms with E-state index in [9.17, 15) is 13.2 Å². The lowest BCUT2D eigenvalue weighted by Gasteiger charge is -2.08. The van der Waals surface area contributed by atoms with Crippen LogP contribution in [0.1, 0.15) is 6.42 Å². The van der Waals surface area contributed by atoms with Crippen molar-refractivity contribution in [1.82, 2.24) is 15.1 Å². The molecule has 1 fully saturated rings. The summed E-state index contributed by atoms with van der Waals surface area (Å²) >= 11 is 0. The van der Waals surface area contributed by atoms with E-state index in [1.54, 1.807) is 0 Å². The van der Waals surface area contributed by atoms with Crippen LogP contribution in [0.5, 0.6) is 5.88 Å². The van der Waals surface area contributed by atoms with Crippen molar-refractivity contribution in [2.24, 2.45) is 5.92 Å². The smallest absolute Gasteiger partial charge is 0.241 e. The maximum atomic E-state index is 14.2. The third kappa shape index (κ3) is 3.07. The molecule has 1 aliphatic rings. The number of nitrogens with zero attached hydrogens (tertiary/aromatic N) is 2. The number of hydrogen-bond donors (Lipinski definition) is 1. The van der Waals surface area contributed by atoms with Crippen molar-refractivity contribution in [3.05, 3.63) is 53.8 Å². The molecule has 1 aliphatic heterocycles. The van der Waals surface area contributed by atoms with Gasteiger partial charge in [0.2, 0.25) is 5.88 Å². The standard InChI is InChI=1S/C18H16F3N3O/c19-12-2-4-16-14(7-12)18(25-10-11-5-6-22-9-11)23-24(16)17-8-13(20)1-3-15(17)21/h1-4,7-8,11,22H,5-6,9-10H2/t11-/m1/s1. The summed E-state index contributed by atoms with van der Waals surface area (Å²) in [6.07, 6.45) is 0.992. The number of fused-ring (bicyclic) bond motifs is 1. The minimum Gasteiger partial charge on any atom is -0.476 e. The Morgan fingerprint density at radius 1 is 1.12 bits per heavy atom. The van der Waals surface area contributed by atoms with Gasteiger partial charge in [-0.3, -0.25) is 0 Å². The van der Waals surface area contributed by atoms with Crippen LogP contribution in [0.4, 0.5) is 13.2 Å². The molecule has 25 heavy (non-hydrogen) atoms. The van der Waals surface area contributed by atoms with Gasteiger partial charge in [0.25, 0.3) is 0 Å². The minimum atomic E-state index is -0.623. The van der Waals surface area contributed by atoms with Crippen molar-refractivity contribution in [2.75, 3.05) is 19.7 Å². The van der Waals surface area contributed by atoms with Gasteiger partial charge in [-0.15, -0.1) is 5.10 Å². The van der Waals surface area contributed by atoms with Crippen LogP contribution < -0.4 is 10.1 Å². The van der Waals surface area contributed by atoms with Gasteiger partial charge in [0.15, 0.2) is 0 Å². The summed E-state index contributed by atoms with van der Waals surface area (Å²) in [5, 5.41) is 7.93. The van der Waals surface area contributed by atoms with Crippen molar-refractivity contribution in [3.8, 4) is 11.6 Å². The number of ether oxygens (including phenoxy) is 1. The average Bonchev–Trinajstić information content (AvgIpc) is 3.23. The van der Waals surface area contributed by atoms with E-state index >= 15 is 0 Å². The number of benzene rings is 2. The fraction of sp³-hybridized carbons (Fsp3) is 0.278. The third-order valence-electron chi connectivity index (χ3n) is 4.36. The SMILES string of the molecule is Fc1ccc(F)c(-n2nc(OC[C@@H]3CCNC3)c3cc(F)ccc32)c1. The molecule has 3 aromatic rings. The Kier molecular flexibility index (Phi) is 4.09. The van der Waals surface area contributed by atoms with Gasteiger partial charge >= 0.3 is 0 Å². The van der Waals surface area contributed by atoms with Crippen LogP contribution >= 0.6 is 0 Å². The maximum Gasteiger partial charge on any atom is 0.241 e. The second-order valence-corrected chi connectivity index (χ2v) is 6.14. The van der Waals surface area contributed by atoms with Gasteiger partial charge < -0.3 is 10.1 Å². The van der Waals surface area contributed by atoms with Crippen LogP contribution in [0.2, 0.25) is 0 Å². The zero-order chi connectivity index (χ0) is 17.4. The molecule has 1 N–H and O–H groups in total. The molecule has 0 saturated carbocycles. The Hall–Kier alpha value is -2.54. The first-order chi connectivity index (χ1) is 12.1. The van der Waals surface area contributed by atoms with Crippen molar-refractivity contribution in [2.45, 2.75) is 6.42 Å². The summed E-state index contributed by atoms with van der Waals surface area (Å²) < 4.78 is 48.4. The normalized spacial score (nSPS) is 17.3. The Labute approximate surface area is 142 Å². The van der Waals surface area contributed by atoms with Crippen LogP contribution in [-0.4, -0.2) is 29.5 Å². The molecule has 0 spiro atoms. The lowest BCUT2D eigenvalue weighted by molar-refractivity contribution is 0.252. The number of hydrogen-bond acceptors (Lipinski definition) is 3. The van der Waals surface area contributed by atoms with Crippen molar-refractivity contribution >= 4 is 10.9 Å². The molecule has 0 amide bonds. The van der Waals surface area contributed by atoms with Crippen molar-refractivity contribution < 1.29 is 17.9 Å². The molecule has 130 valence electrons. The molecule has 0 bridgehead atoms. The predicted octanol–water partition coefficient (Wildman–Crippen LogP) is 3.43. The van der Waals surface area contributed by atoms with Crippen LogP contribution in [-0.2, 0) is 0 Å². The molecular weight excluding hydrogens is 331 g/mol. The molecule has 0 unspecified atom stereocenters. The van der Waals surface area contributed by atoms with Gasteiger partial charge in [-0.2, -0.15) is 0 Å². The van der Waals surface area contributed by atoms with Gasteiger partial charge in [-0.25, -0.2) is 17.9 Å². The molecule has 7 heteroatoms. The summed E-state index contributed by atoms with van der Waals surface area (Å²) in [5.41, 5.74) is 0.402.